The second-order valence-electron chi connectivity index (χ2n) is 4.92. The maximum Gasteiger partial charge on any atom is 0.234 e. The van der Waals surface area contributed by atoms with Gasteiger partial charge in [-0.05, 0) is 33.2 Å². The summed E-state index contributed by atoms with van der Waals surface area (Å²) in [7, 11) is 1.79. The Hall–Kier alpha value is -0.320. The lowest BCUT2D eigenvalue weighted by Crippen LogP contribution is -2.68. The lowest BCUT2D eigenvalue weighted by molar-refractivity contribution is -0.175. The number of ether oxygens (including phenoxy) is 1. The summed E-state index contributed by atoms with van der Waals surface area (Å²) in [5, 5.41) is 5.99. The standard InChI is InChI=1S/C12H22N2O2.ClH/c1-3-16-10-7-9(12(10)5-4-6-12)14-11(15)8-13-2;/h9-10,13H,3-8H2,1-2H3,(H,14,15);1H. The van der Waals surface area contributed by atoms with Crippen molar-refractivity contribution >= 4 is 18.3 Å². The Morgan fingerprint density at radius 1 is 1.47 bits per heavy atom. The van der Waals surface area contributed by atoms with Crippen molar-refractivity contribution in [2.75, 3.05) is 20.2 Å². The van der Waals surface area contributed by atoms with Crippen LogP contribution in [0.2, 0.25) is 0 Å². The molecule has 0 heterocycles. The summed E-state index contributed by atoms with van der Waals surface area (Å²) in [6.07, 6.45) is 5.07. The first kappa shape index (κ1) is 14.7. The van der Waals surface area contributed by atoms with Crippen LogP contribution in [0.25, 0.3) is 0 Å². The molecule has 0 aromatic carbocycles. The number of hydrogen-bond donors (Lipinski definition) is 2. The van der Waals surface area contributed by atoms with Crippen molar-refractivity contribution < 1.29 is 9.53 Å². The van der Waals surface area contributed by atoms with Crippen molar-refractivity contribution in [2.45, 2.75) is 44.8 Å². The quantitative estimate of drug-likeness (QED) is 0.780. The van der Waals surface area contributed by atoms with Gasteiger partial charge in [-0.15, -0.1) is 12.4 Å². The van der Waals surface area contributed by atoms with Gasteiger partial charge in [-0.2, -0.15) is 0 Å². The van der Waals surface area contributed by atoms with Gasteiger partial charge in [-0.3, -0.25) is 4.79 Å². The summed E-state index contributed by atoms with van der Waals surface area (Å²) >= 11 is 0. The van der Waals surface area contributed by atoms with Crippen molar-refractivity contribution in [1.29, 1.82) is 0 Å². The van der Waals surface area contributed by atoms with Crippen LogP contribution in [0.1, 0.15) is 32.6 Å². The zero-order valence-electron chi connectivity index (χ0n) is 10.6. The van der Waals surface area contributed by atoms with Gasteiger partial charge in [-0.1, -0.05) is 6.42 Å². The van der Waals surface area contributed by atoms with Gasteiger partial charge in [-0.25, -0.2) is 0 Å². The summed E-state index contributed by atoms with van der Waals surface area (Å²) < 4.78 is 5.74. The Balaban J connectivity index is 0.00000144. The second kappa shape index (κ2) is 6.03. The monoisotopic (exact) mass is 262 g/mol. The number of amides is 1. The molecule has 0 aliphatic heterocycles. The van der Waals surface area contributed by atoms with Gasteiger partial charge in [0.2, 0.25) is 5.91 Å². The van der Waals surface area contributed by atoms with Crippen LogP contribution < -0.4 is 10.6 Å². The van der Waals surface area contributed by atoms with Crippen LogP contribution in [0.5, 0.6) is 0 Å². The fourth-order valence-corrected chi connectivity index (χ4v) is 3.05. The van der Waals surface area contributed by atoms with E-state index in [1.165, 1.54) is 19.3 Å². The first-order valence-electron chi connectivity index (χ1n) is 6.28. The van der Waals surface area contributed by atoms with Gasteiger partial charge in [0, 0.05) is 18.1 Å². The number of carbonyl (C=O) groups is 1. The van der Waals surface area contributed by atoms with Crippen LogP contribution >= 0.6 is 12.4 Å². The van der Waals surface area contributed by atoms with Gasteiger partial charge in [0.05, 0.1) is 12.6 Å². The lowest BCUT2D eigenvalue weighted by atomic mass is 9.51. The molecule has 5 heteroatoms. The summed E-state index contributed by atoms with van der Waals surface area (Å²) in [4.78, 5) is 11.5. The predicted molar refractivity (Wildman–Crippen MR) is 69.4 cm³/mol. The highest BCUT2D eigenvalue weighted by molar-refractivity contribution is 5.85. The summed E-state index contributed by atoms with van der Waals surface area (Å²) in [5.41, 5.74) is 0.277. The molecule has 2 rings (SSSR count). The minimum absolute atomic E-state index is 0. The summed E-state index contributed by atoms with van der Waals surface area (Å²) in [6.45, 7) is 3.23. The van der Waals surface area contributed by atoms with Gasteiger partial charge in [0.1, 0.15) is 0 Å². The zero-order valence-corrected chi connectivity index (χ0v) is 11.4. The highest BCUT2D eigenvalue weighted by atomic mass is 35.5. The maximum absolute atomic E-state index is 11.5. The van der Waals surface area contributed by atoms with E-state index in [-0.39, 0.29) is 23.7 Å². The third kappa shape index (κ3) is 2.59. The van der Waals surface area contributed by atoms with Crippen molar-refractivity contribution in [1.82, 2.24) is 10.6 Å². The van der Waals surface area contributed by atoms with E-state index in [2.05, 4.69) is 10.6 Å². The topological polar surface area (TPSA) is 50.4 Å². The average Bonchev–Trinajstić information content (AvgIpc) is 2.13. The Bertz CT molecular complexity index is 269. The Morgan fingerprint density at radius 3 is 2.65 bits per heavy atom. The molecule has 2 aliphatic carbocycles. The molecule has 0 aromatic heterocycles. The predicted octanol–water partition coefficient (Wildman–Crippen LogP) is 1.09. The van der Waals surface area contributed by atoms with E-state index in [0.717, 1.165) is 13.0 Å². The maximum atomic E-state index is 11.5. The van der Waals surface area contributed by atoms with E-state index in [1.807, 2.05) is 6.92 Å². The van der Waals surface area contributed by atoms with E-state index in [1.54, 1.807) is 7.05 Å². The number of likely N-dealkylation sites (N-methyl/N-ethyl adjacent to an activating group) is 1. The molecule has 2 fully saturated rings. The van der Waals surface area contributed by atoms with Gasteiger partial charge < -0.3 is 15.4 Å². The van der Waals surface area contributed by atoms with Crippen molar-refractivity contribution in [2.24, 2.45) is 5.41 Å². The first-order valence-corrected chi connectivity index (χ1v) is 6.28. The average molecular weight is 263 g/mol. The van der Waals surface area contributed by atoms with Crippen molar-refractivity contribution in [3.8, 4) is 0 Å². The number of rotatable bonds is 5. The Morgan fingerprint density at radius 2 is 2.18 bits per heavy atom. The van der Waals surface area contributed by atoms with Crippen molar-refractivity contribution in [3.63, 3.8) is 0 Å². The summed E-state index contributed by atoms with van der Waals surface area (Å²) in [5.74, 6) is 0.105. The van der Waals surface area contributed by atoms with Crippen LogP contribution in [-0.4, -0.2) is 38.3 Å². The minimum atomic E-state index is 0. The van der Waals surface area contributed by atoms with E-state index < -0.39 is 0 Å². The molecule has 17 heavy (non-hydrogen) atoms. The largest absolute Gasteiger partial charge is 0.378 e. The lowest BCUT2D eigenvalue weighted by Gasteiger charge is -2.61. The number of nitrogens with one attached hydrogen (secondary N) is 2. The molecule has 2 N–H and O–H groups in total. The molecule has 100 valence electrons. The van der Waals surface area contributed by atoms with Gasteiger partial charge in [0.25, 0.3) is 0 Å². The summed E-state index contributed by atoms with van der Waals surface area (Å²) in [6, 6.07) is 0.346. The molecule has 1 spiro atoms. The van der Waals surface area contributed by atoms with Crippen LogP contribution in [0, 0.1) is 5.41 Å². The SMILES string of the molecule is CCOC1CC(NC(=O)CNC)C12CCC2.Cl. The minimum Gasteiger partial charge on any atom is -0.378 e. The molecule has 0 saturated heterocycles. The van der Waals surface area contributed by atoms with E-state index in [0.29, 0.717) is 18.7 Å². The first-order chi connectivity index (χ1) is 7.73. The second-order valence-corrected chi connectivity index (χ2v) is 4.92. The molecule has 2 unspecified atom stereocenters. The number of hydrogen-bond acceptors (Lipinski definition) is 3. The highest BCUT2D eigenvalue weighted by Crippen LogP contribution is 2.57. The highest BCUT2D eigenvalue weighted by Gasteiger charge is 2.59. The molecule has 2 saturated carbocycles. The van der Waals surface area contributed by atoms with Crippen molar-refractivity contribution in [3.05, 3.63) is 0 Å². The van der Waals surface area contributed by atoms with Crippen LogP contribution in [0.3, 0.4) is 0 Å². The van der Waals surface area contributed by atoms with E-state index >= 15 is 0 Å². The molecule has 2 atom stereocenters. The molecular formula is C12H23ClN2O2. The fourth-order valence-electron chi connectivity index (χ4n) is 3.05. The van der Waals surface area contributed by atoms with Crippen LogP contribution in [0.4, 0.5) is 0 Å². The fraction of sp³-hybridized carbons (Fsp3) is 0.917. The molecule has 2 aliphatic rings. The normalized spacial score (nSPS) is 28.8. The van der Waals surface area contributed by atoms with Crippen LogP contribution in [-0.2, 0) is 9.53 Å². The van der Waals surface area contributed by atoms with Gasteiger partial charge >= 0.3 is 0 Å². The molecule has 1 amide bonds. The number of carbonyl (C=O) groups excluding carboxylic acids is 1. The Kier molecular flexibility index (Phi) is 5.22. The van der Waals surface area contributed by atoms with Gasteiger partial charge in [0.15, 0.2) is 0 Å². The number of halogens is 1. The van der Waals surface area contributed by atoms with Crippen LogP contribution in [0.15, 0.2) is 0 Å². The smallest absolute Gasteiger partial charge is 0.234 e. The zero-order chi connectivity index (χ0) is 11.6. The third-order valence-corrected chi connectivity index (χ3v) is 4.11. The molecular weight excluding hydrogens is 240 g/mol. The molecule has 4 nitrogen and oxygen atoms in total. The molecule has 0 radical (unpaired) electrons. The Labute approximate surface area is 109 Å². The molecule has 0 aromatic rings. The van der Waals surface area contributed by atoms with E-state index in [4.69, 9.17) is 4.74 Å². The molecule has 0 bridgehead atoms. The third-order valence-electron chi connectivity index (χ3n) is 4.11. The van der Waals surface area contributed by atoms with E-state index in [9.17, 15) is 4.79 Å².